The van der Waals surface area contributed by atoms with Crippen LogP contribution in [0.3, 0.4) is 0 Å². The molecule has 1 rings (SSSR count). The number of aliphatic hydroxyl groups excluding tert-OH is 1. The minimum Gasteiger partial charge on any atom is -0.391 e. The number of aryl methyl sites for hydroxylation is 1. The van der Waals surface area contributed by atoms with Gasteiger partial charge in [-0.25, -0.2) is 0 Å². The Morgan fingerprint density at radius 3 is 2.94 bits per heavy atom. The fraction of sp³-hybridized carbons (Fsp3) is 0.750. The lowest BCUT2D eigenvalue weighted by molar-refractivity contribution is 0.0593. The minimum atomic E-state index is -0.390. The van der Waals surface area contributed by atoms with Crippen LogP contribution in [0.5, 0.6) is 0 Å². The molecule has 1 heterocycles. The number of nitrogens with zero attached hydrogens (tertiary/aromatic N) is 2. The van der Waals surface area contributed by atoms with Gasteiger partial charge in [-0.05, 0) is 32.3 Å². The van der Waals surface area contributed by atoms with E-state index in [1.165, 1.54) is 0 Å². The lowest BCUT2D eigenvalue weighted by atomic mass is 10.2. The van der Waals surface area contributed by atoms with Gasteiger partial charge >= 0.3 is 0 Å². The summed E-state index contributed by atoms with van der Waals surface area (Å²) in [5.41, 5.74) is 1.04. The molecule has 0 aliphatic rings. The smallest absolute Gasteiger partial charge is 0.0777 e. The second-order valence-electron chi connectivity index (χ2n) is 4.19. The molecule has 0 radical (unpaired) electrons. The second kappa shape index (κ2) is 6.66. The maximum atomic E-state index is 9.51. The summed E-state index contributed by atoms with van der Waals surface area (Å²) >= 11 is 0. The normalized spacial score (nSPS) is 15.0. The van der Waals surface area contributed by atoms with Crippen molar-refractivity contribution in [1.29, 1.82) is 0 Å². The van der Waals surface area contributed by atoms with Crippen LogP contribution in [0.4, 0.5) is 0 Å². The Bertz CT molecular complexity index is 299. The van der Waals surface area contributed by atoms with Gasteiger partial charge in [0.2, 0.25) is 0 Å². The van der Waals surface area contributed by atoms with Crippen LogP contribution in [-0.4, -0.2) is 34.7 Å². The standard InChI is InChI=1S/C12H22N2O2/c1-4-10(2)14-8-7-11(13-14)5-6-12(15)9-16-3/h7-8,10,12,15H,4-6,9H2,1-3H3. The molecule has 2 atom stereocenters. The summed E-state index contributed by atoms with van der Waals surface area (Å²) in [7, 11) is 1.60. The summed E-state index contributed by atoms with van der Waals surface area (Å²) in [4.78, 5) is 0. The van der Waals surface area contributed by atoms with Crippen molar-refractivity contribution in [3.63, 3.8) is 0 Å². The highest BCUT2D eigenvalue weighted by atomic mass is 16.5. The molecule has 0 spiro atoms. The number of hydrogen-bond donors (Lipinski definition) is 1. The maximum absolute atomic E-state index is 9.51. The number of ether oxygens (including phenoxy) is 1. The Labute approximate surface area is 97.2 Å². The first-order chi connectivity index (χ1) is 7.67. The molecule has 1 N–H and O–H groups in total. The van der Waals surface area contributed by atoms with Gasteiger partial charge in [-0.1, -0.05) is 6.92 Å². The molecule has 0 aromatic carbocycles. The Kier molecular flexibility index (Phi) is 5.49. The van der Waals surface area contributed by atoms with Gasteiger partial charge in [0.1, 0.15) is 0 Å². The van der Waals surface area contributed by atoms with Gasteiger partial charge < -0.3 is 9.84 Å². The average Bonchev–Trinajstić information content (AvgIpc) is 2.74. The topological polar surface area (TPSA) is 47.3 Å². The number of hydrogen-bond acceptors (Lipinski definition) is 3. The van der Waals surface area contributed by atoms with E-state index in [4.69, 9.17) is 4.74 Å². The largest absolute Gasteiger partial charge is 0.391 e. The molecule has 0 saturated carbocycles. The lowest BCUT2D eigenvalue weighted by Crippen LogP contribution is -2.15. The third-order valence-corrected chi connectivity index (χ3v) is 2.80. The molecule has 0 fully saturated rings. The zero-order chi connectivity index (χ0) is 12.0. The Hall–Kier alpha value is -0.870. The highest BCUT2D eigenvalue weighted by molar-refractivity contribution is 5.00. The highest BCUT2D eigenvalue weighted by Gasteiger charge is 2.07. The van der Waals surface area contributed by atoms with Crippen LogP contribution in [0.1, 0.15) is 38.4 Å². The van der Waals surface area contributed by atoms with Gasteiger partial charge in [-0.15, -0.1) is 0 Å². The van der Waals surface area contributed by atoms with Crippen molar-refractivity contribution >= 4 is 0 Å². The van der Waals surface area contributed by atoms with Crippen molar-refractivity contribution in [3.05, 3.63) is 18.0 Å². The van der Waals surface area contributed by atoms with Gasteiger partial charge in [0.15, 0.2) is 0 Å². The molecule has 92 valence electrons. The molecule has 1 aromatic rings. The average molecular weight is 226 g/mol. The van der Waals surface area contributed by atoms with E-state index >= 15 is 0 Å². The van der Waals surface area contributed by atoms with Crippen molar-refractivity contribution in [1.82, 2.24) is 9.78 Å². The van der Waals surface area contributed by atoms with E-state index in [0.29, 0.717) is 19.1 Å². The van der Waals surface area contributed by atoms with E-state index in [1.54, 1.807) is 7.11 Å². The first-order valence-corrected chi connectivity index (χ1v) is 5.88. The van der Waals surface area contributed by atoms with Crippen molar-refractivity contribution in [2.45, 2.75) is 45.3 Å². The van der Waals surface area contributed by atoms with Gasteiger partial charge in [-0.3, -0.25) is 4.68 Å². The van der Waals surface area contributed by atoms with Crippen molar-refractivity contribution < 1.29 is 9.84 Å². The first-order valence-electron chi connectivity index (χ1n) is 5.88. The number of methoxy groups -OCH3 is 1. The lowest BCUT2D eigenvalue weighted by Gasteiger charge is -2.09. The number of aromatic nitrogens is 2. The van der Waals surface area contributed by atoms with E-state index in [9.17, 15) is 5.11 Å². The van der Waals surface area contributed by atoms with E-state index in [2.05, 4.69) is 18.9 Å². The van der Waals surface area contributed by atoms with Crippen molar-refractivity contribution in [2.75, 3.05) is 13.7 Å². The molecule has 2 unspecified atom stereocenters. The molecule has 0 aliphatic carbocycles. The van der Waals surface area contributed by atoms with Gasteiger partial charge in [0, 0.05) is 19.3 Å². The molecule has 16 heavy (non-hydrogen) atoms. The summed E-state index contributed by atoms with van der Waals surface area (Å²) in [6, 6.07) is 2.46. The zero-order valence-electron chi connectivity index (χ0n) is 10.4. The Morgan fingerprint density at radius 2 is 2.31 bits per heavy atom. The van der Waals surface area contributed by atoms with Crippen LogP contribution in [0, 0.1) is 0 Å². The van der Waals surface area contributed by atoms with Crippen LogP contribution < -0.4 is 0 Å². The number of aliphatic hydroxyl groups is 1. The SMILES string of the molecule is CCC(C)n1ccc(CCC(O)COC)n1. The fourth-order valence-corrected chi connectivity index (χ4v) is 1.53. The molecule has 1 aromatic heterocycles. The second-order valence-corrected chi connectivity index (χ2v) is 4.19. The molecule has 4 heteroatoms. The summed E-state index contributed by atoms with van der Waals surface area (Å²) < 4.78 is 6.86. The third-order valence-electron chi connectivity index (χ3n) is 2.80. The van der Waals surface area contributed by atoms with Gasteiger partial charge in [-0.2, -0.15) is 5.10 Å². The maximum Gasteiger partial charge on any atom is 0.0777 e. The molecule has 0 aliphatic heterocycles. The van der Waals surface area contributed by atoms with Gasteiger partial charge in [0.25, 0.3) is 0 Å². The summed E-state index contributed by atoms with van der Waals surface area (Å²) in [5, 5.41) is 14.0. The predicted molar refractivity (Wildman–Crippen MR) is 63.4 cm³/mol. The van der Waals surface area contributed by atoms with E-state index < -0.39 is 6.10 Å². The van der Waals surface area contributed by atoms with Crippen LogP contribution in [-0.2, 0) is 11.2 Å². The summed E-state index contributed by atoms with van der Waals surface area (Å²) in [6.07, 6.45) is 4.19. The zero-order valence-corrected chi connectivity index (χ0v) is 10.4. The monoisotopic (exact) mass is 226 g/mol. The number of rotatable bonds is 7. The molecule has 0 saturated heterocycles. The van der Waals surface area contributed by atoms with E-state index in [0.717, 1.165) is 18.5 Å². The highest BCUT2D eigenvalue weighted by Crippen LogP contribution is 2.10. The van der Waals surface area contributed by atoms with E-state index in [-0.39, 0.29) is 0 Å². The van der Waals surface area contributed by atoms with Crippen LogP contribution in [0.15, 0.2) is 12.3 Å². The third kappa shape index (κ3) is 3.94. The summed E-state index contributed by atoms with van der Waals surface area (Å²) in [6.45, 7) is 4.69. The Balaban J connectivity index is 2.40. The first kappa shape index (κ1) is 13.2. The van der Waals surface area contributed by atoms with Crippen LogP contribution in [0.2, 0.25) is 0 Å². The predicted octanol–water partition coefficient (Wildman–Crippen LogP) is 1.79. The fourth-order valence-electron chi connectivity index (χ4n) is 1.53. The minimum absolute atomic E-state index is 0.390. The van der Waals surface area contributed by atoms with Crippen LogP contribution in [0.25, 0.3) is 0 Å². The molecule has 0 bridgehead atoms. The van der Waals surface area contributed by atoms with E-state index in [1.807, 2.05) is 16.9 Å². The van der Waals surface area contributed by atoms with Crippen LogP contribution >= 0.6 is 0 Å². The molecule has 0 amide bonds. The van der Waals surface area contributed by atoms with Gasteiger partial charge in [0.05, 0.1) is 18.4 Å². The molecule has 4 nitrogen and oxygen atoms in total. The van der Waals surface area contributed by atoms with Crippen molar-refractivity contribution in [2.24, 2.45) is 0 Å². The Morgan fingerprint density at radius 1 is 1.56 bits per heavy atom. The molecular formula is C12H22N2O2. The summed E-state index contributed by atoms with van der Waals surface area (Å²) in [5.74, 6) is 0. The van der Waals surface area contributed by atoms with Crippen molar-refractivity contribution in [3.8, 4) is 0 Å². The molecular weight excluding hydrogens is 204 g/mol. The quantitative estimate of drug-likeness (QED) is 0.771.